The Bertz CT molecular complexity index is 728. The topological polar surface area (TPSA) is 22.1 Å². The third kappa shape index (κ3) is 3.53. The molecule has 2 aromatic carbocycles. The third-order valence-corrected chi connectivity index (χ3v) is 3.71. The van der Waals surface area contributed by atoms with Crippen LogP contribution in [0.5, 0.6) is 5.75 Å². The number of nitrogens with zero attached hydrogens (tertiary/aromatic N) is 1. The molecule has 0 atom stereocenters. The Morgan fingerprint density at radius 3 is 2.71 bits per heavy atom. The molecule has 0 saturated carbocycles. The van der Waals surface area contributed by atoms with E-state index in [0.717, 1.165) is 34.5 Å². The zero-order chi connectivity index (χ0) is 14.5. The number of pyridine rings is 1. The van der Waals surface area contributed by atoms with E-state index in [2.05, 4.69) is 29.2 Å². The highest BCUT2D eigenvalue weighted by Gasteiger charge is 2.02. The maximum Gasteiger partial charge on any atom is 0.121 e. The molecule has 0 saturated heterocycles. The lowest BCUT2D eigenvalue weighted by Gasteiger charge is -2.07. The van der Waals surface area contributed by atoms with Crippen LogP contribution in [0.25, 0.3) is 10.9 Å². The first-order chi connectivity index (χ1) is 10.3. The van der Waals surface area contributed by atoms with E-state index in [1.54, 1.807) is 12.3 Å². The van der Waals surface area contributed by atoms with Crippen LogP contribution in [0, 0.1) is 0 Å². The molecule has 3 aromatic rings. The van der Waals surface area contributed by atoms with Crippen molar-refractivity contribution in [3.8, 4) is 5.75 Å². The van der Waals surface area contributed by atoms with Crippen molar-refractivity contribution in [2.75, 3.05) is 6.61 Å². The summed E-state index contributed by atoms with van der Waals surface area (Å²) in [5.41, 5.74) is 2.20. The van der Waals surface area contributed by atoms with E-state index >= 15 is 0 Å². The van der Waals surface area contributed by atoms with E-state index in [1.165, 1.54) is 5.56 Å². The molecule has 0 aliphatic carbocycles. The largest absolute Gasteiger partial charge is 0.494 e. The van der Waals surface area contributed by atoms with Gasteiger partial charge in [0.05, 0.1) is 17.1 Å². The Hall–Kier alpha value is -2.06. The fraction of sp³-hybridized carbons (Fsp3) is 0.167. The maximum atomic E-state index is 6.12. The fourth-order valence-corrected chi connectivity index (χ4v) is 2.51. The standard InChI is InChI=1S/C18H16ClNO/c19-17-10-11-20-18-13-15(8-9-16(17)18)21-12-4-7-14-5-2-1-3-6-14/h1-3,5-6,8-11,13H,4,7,12H2. The van der Waals surface area contributed by atoms with Gasteiger partial charge in [0.25, 0.3) is 0 Å². The summed E-state index contributed by atoms with van der Waals surface area (Å²) in [6.07, 6.45) is 3.73. The molecule has 3 heteroatoms. The van der Waals surface area contributed by atoms with Crippen LogP contribution in [0.15, 0.2) is 60.8 Å². The van der Waals surface area contributed by atoms with Crippen LogP contribution in [0.1, 0.15) is 12.0 Å². The molecule has 0 aliphatic heterocycles. The van der Waals surface area contributed by atoms with Crippen molar-refractivity contribution in [3.05, 3.63) is 71.4 Å². The van der Waals surface area contributed by atoms with Gasteiger partial charge in [0.15, 0.2) is 0 Å². The van der Waals surface area contributed by atoms with Gasteiger partial charge in [-0.15, -0.1) is 0 Å². The zero-order valence-electron chi connectivity index (χ0n) is 11.6. The Balaban J connectivity index is 1.58. The number of rotatable bonds is 5. The number of halogens is 1. The Kier molecular flexibility index (Phi) is 4.37. The molecule has 0 aliphatic rings. The van der Waals surface area contributed by atoms with Crippen molar-refractivity contribution < 1.29 is 4.74 Å². The molecule has 0 unspecified atom stereocenters. The van der Waals surface area contributed by atoms with Gasteiger partial charge >= 0.3 is 0 Å². The molecule has 1 aromatic heterocycles. The highest BCUT2D eigenvalue weighted by atomic mass is 35.5. The number of hydrogen-bond donors (Lipinski definition) is 0. The van der Waals surface area contributed by atoms with Crippen LogP contribution < -0.4 is 4.74 Å². The summed E-state index contributed by atoms with van der Waals surface area (Å²) in [5.74, 6) is 0.838. The van der Waals surface area contributed by atoms with Gasteiger partial charge in [0.1, 0.15) is 5.75 Å². The van der Waals surface area contributed by atoms with Crippen LogP contribution in [-0.2, 0) is 6.42 Å². The number of hydrogen-bond acceptors (Lipinski definition) is 2. The first-order valence-electron chi connectivity index (χ1n) is 7.04. The van der Waals surface area contributed by atoms with Gasteiger partial charge in [-0.3, -0.25) is 4.98 Å². The van der Waals surface area contributed by atoms with Gasteiger partial charge in [0.2, 0.25) is 0 Å². The minimum Gasteiger partial charge on any atom is -0.494 e. The van der Waals surface area contributed by atoms with Crippen molar-refractivity contribution in [1.29, 1.82) is 0 Å². The summed E-state index contributed by atoms with van der Waals surface area (Å²) in [5, 5.41) is 1.67. The highest BCUT2D eigenvalue weighted by Crippen LogP contribution is 2.25. The summed E-state index contributed by atoms with van der Waals surface area (Å²) in [6, 6.07) is 18.1. The molecular weight excluding hydrogens is 282 g/mol. The molecule has 0 fully saturated rings. The number of benzene rings is 2. The lowest BCUT2D eigenvalue weighted by molar-refractivity contribution is 0.311. The molecule has 0 N–H and O–H groups in total. The van der Waals surface area contributed by atoms with Gasteiger partial charge in [-0.25, -0.2) is 0 Å². The first kappa shape index (κ1) is 13.9. The lowest BCUT2D eigenvalue weighted by atomic mass is 10.1. The second kappa shape index (κ2) is 6.59. The Morgan fingerprint density at radius 1 is 1.00 bits per heavy atom. The second-order valence-electron chi connectivity index (χ2n) is 4.91. The molecule has 0 bridgehead atoms. The second-order valence-corrected chi connectivity index (χ2v) is 5.32. The maximum absolute atomic E-state index is 6.12. The monoisotopic (exact) mass is 297 g/mol. The van der Waals surface area contributed by atoms with Crippen LogP contribution in [0.4, 0.5) is 0 Å². The molecule has 0 radical (unpaired) electrons. The van der Waals surface area contributed by atoms with E-state index < -0.39 is 0 Å². The number of aryl methyl sites for hydroxylation is 1. The Morgan fingerprint density at radius 2 is 1.86 bits per heavy atom. The average Bonchev–Trinajstić information content (AvgIpc) is 2.53. The molecule has 3 rings (SSSR count). The van der Waals surface area contributed by atoms with Crippen LogP contribution in [0.3, 0.4) is 0 Å². The van der Waals surface area contributed by atoms with Crippen molar-refractivity contribution in [3.63, 3.8) is 0 Å². The van der Waals surface area contributed by atoms with E-state index in [-0.39, 0.29) is 0 Å². The van der Waals surface area contributed by atoms with E-state index in [1.807, 2.05) is 24.3 Å². The predicted molar refractivity (Wildman–Crippen MR) is 87.0 cm³/mol. The summed E-state index contributed by atoms with van der Waals surface area (Å²) in [6.45, 7) is 0.695. The van der Waals surface area contributed by atoms with Crippen molar-refractivity contribution in [2.45, 2.75) is 12.8 Å². The first-order valence-corrected chi connectivity index (χ1v) is 7.42. The highest BCUT2D eigenvalue weighted by molar-refractivity contribution is 6.35. The van der Waals surface area contributed by atoms with Gasteiger partial charge < -0.3 is 4.74 Å². The molecule has 1 heterocycles. The Labute approximate surface area is 129 Å². The van der Waals surface area contributed by atoms with Gasteiger partial charge in [-0.05, 0) is 36.6 Å². The van der Waals surface area contributed by atoms with Crippen LogP contribution in [0.2, 0.25) is 5.02 Å². The molecule has 2 nitrogen and oxygen atoms in total. The minimum absolute atomic E-state index is 0.695. The van der Waals surface area contributed by atoms with Crippen molar-refractivity contribution in [1.82, 2.24) is 4.98 Å². The number of aromatic nitrogens is 1. The van der Waals surface area contributed by atoms with E-state index in [4.69, 9.17) is 16.3 Å². The molecule has 0 amide bonds. The fourth-order valence-electron chi connectivity index (χ4n) is 2.29. The van der Waals surface area contributed by atoms with Crippen LogP contribution >= 0.6 is 11.6 Å². The summed E-state index contributed by atoms with van der Waals surface area (Å²) >= 11 is 6.12. The molecule has 21 heavy (non-hydrogen) atoms. The molecule has 0 spiro atoms. The quantitative estimate of drug-likeness (QED) is 0.625. The van der Waals surface area contributed by atoms with Gasteiger partial charge in [-0.2, -0.15) is 0 Å². The summed E-state index contributed by atoms with van der Waals surface area (Å²) in [7, 11) is 0. The van der Waals surface area contributed by atoms with Crippen molar-refractivity contribution >= 4 is 22.5 Å². The van der Waals surface area contributed by atoms with Crippen molar-refractivity contribution in [2.24, 2.45) is 0 Å². The summed E-state index contributed by atoms with van der Waals surface area (Å²) in [4.78, 5) is 4.31. The summed E-state index contributed by atoms with van der Waals surface area (Å²) < 4.78 is 5.79. The predicted octanol–water partition coefficient (Wildman–Crippen LogP) is 4.90. The third-order valence-electron chi connectivity index (χ3n) is 3.38. The number of fused-ring (bicyclic) bond motifs is 1. The SMILES string of the molecule is Clc1ccnc2cc(OCCCc3ccccc3)ccc12. The van der Waals surface area contributed by atoms with E-state index in [0.29, 0.717) is 6.61 Å². The van der Waals surface area contributed by atoms with Gasteiger partial charge in [0, 0.05) is 17.6 Å². The van der Waals surface area contributed by atoms with Gasteiger partial charge in [-0.1, -0.05) is 41.9 Å². The smallest absolute Gasteiger partial charge is 0.121 e. The number of ether oxygens (including phenoxy) is 1. The minimum atomic E-state index is 0.695. The normalized spacial score (nSPS) is 10.7. The molecular formula is C18H16ClNO. The zero-order valence-corrected chi connectivity index (χ0v) is 12.4. The lowest BCUT2D eigenvalue weighted by Crippen LogP contribution is -1.99. The van der Waals surface area contributed by atoms with E-state index in [9.17, 15) is 0 Å². The average molecular weight is 298 g/mol. The van der Waals surface area contributed by atoms with Crippen LogP contribution in [-0.4, -0.2) is 11.6 Å². The molecule has 106 valence electrons.